The van der Waals surface area contributed by atoms with Gasteiger partial charge in [-0.2, -0.15) is 5.10 Å². The molecular weight excluding hydrogens is 517 g/mol. The molecule has 0 bridgehead atoms. The largest absolute Gasteiger partial charge is 0.329 e. The van der Waals surface area contributed by atoms with E-state index in [2.05, 4.69) is 10.4 Å². The molecule has 0 spiro atoms. The van der Waals surface area contributed by atoms with Crippen molar-refractivity contribution in [1.82, 2.24) is 14.7 Å². The number of non-ortho nitro benzene ring substituents is 1. The van der Waals surface area contributed by atoms with Crippen LogP contribution in [0.5, 0.6) is 0 Å². The number of hydrogen-bond donors (Lipinski definition) is 1. The number of nitro groups is 1. The number of rotatable bonds is 9. The Balaban J connectivity index is 1.89. The predicted octanol–water partition coefficient (Wildman–Crippen LogP) is 6.27. The normalized spacial score (nSPS) is 11.3. The fraction of sp³-hybridized carbons (Fsp3) is 0.346. The molecule has 1 N–H and O–H groups in total. The number of halogens is 2. The van der Waals surface area contributed by atoms with Crippen molar-refractivity contribution >= 4 is 46.5 Å². The van der Waals surface area contributed by atoms with Crippen molar-refractivity contribution < 1.29 is 14.5 Å². The molecule has 0 radical (unpaired) electrons. The Morgan fingerprint density at radius 2 is 1.84 bits per heavy atom. The molecule has 0 fully saturated rings. The highest BCUT2D eigenvalue weighted by molar-refractivity contribution is 6.42. The van der Waals surface area contributed by atoms with E-state index in [1.807, 2.05) is 27.7 Å². The van der Waals surface area contributed by atoms with Crippen molar-refractivity contribution in [2.75, 3.05) is 18.4 Å². The topological polar surface area (TPSA) is 110 Å². The number of carbonyl (C=O) groups is 2. The molecule has 0 saturated heterocycles. The molecule has 1 aromatic heterocycles. The Labute approximate surface area is 225 Å². The van der Waals surface area contributed by atoms with E-state index >= 15 is 0 Å². The van der Waals surface area contributed by atoms with Gasteiger partial charge in [0.1, 0.15) is 12.4 Å². The number of hydrogen-bond acceptors (Lipinski definition) is 5. The summed E-state index contributed by atoms with van der Waals surface area (Å²) in [7, 11) is 0. The number of anilines is 1. The molecule has 0 saturated carbocycles. The zero-order valence-corrected chi connectivity index (χ0v) is 22.6. The molecule has 3 rings (SSSR count). The first kappa shape index (κ1) is 28.1. The van der Waals surface area contributed by atoms with Gasteiger partial charge in [-0.25, -0.2) is 4.68 Å². The summed E-state index contributed by atoms with van der Waals surface area (Å²) in [4.78, 5) is 38.3. The number of carbonyl (C=O) groups excluding carboxylic acids is 2. The first-order valence-electron chi connectivity index (χ1n) is 11.8. The van der Waals surface area contributed by atoms with Gasteiger partial charge in [0.15, 0.2) is 0 Å². The third-order valence-electron chi connectivity index (χ3n) is 5.60. The van der Waals surface area contributed by atoms with E-state index in [0.29, 0.717) is 34.5 Å². The minimum Gasteiger partial charge on any atom is -0.329 e. The second-order valence-corrected chi connectivity index (χ2v) is 10.4. The van der Waals surface area contributed by atoms with Gasteiger partial charge >= 0.3 is 0 Å². The third kappa shape index (κ3) is 7.08. The highest BCUT2D eigenvalue weighted by Crippen LogP contribution is 2.29. The van der Waals surface area contributed by atoms with E-state index in [-0.39, 0.29) is 23.2 Å². The number of nitrogens with zero attached hydrogens (tertiary/aromatic N) is 4. The summed E-state index contributed by atoms with van der Waals surface area (Å²) in [5.41, 5.74) is 1.01. The summed E-state index contributed by atoms with van der Waals surface area (Å²) in [5.74, 6) is -0.483. The Hall–Kier alpha value is -3.43. The second kappa shape index (κ2) is 11.7. The van der Waals surface area contributed by atoms with Crippen molar-refractivity contribution in [3.8, 4) is 5.69 Å². The van der Waals surface area contributed by atoms with E-state index in [1.54, 1.807) is 28.9 Å². The quantitative estimate of drug-likeness (QED) is 0.251. The average Bonchev–Trinajstić information content (AvgIpc) is 3.27. The SMILES string of the molecule is CCCCN(CC(=O)Nc1cc(C(C)(C)C)nn1-c1ccc(Cl)c(Cl)c1)C(=O)c1cccc([N+](=O)[O-])c1. The Bertz CT molecular complexity index is 1320. The average molecular weight is 546 g/mol. The van der Waals surface area contributed by atoms with Crippen LogP contribution < -0.4 is 5.32 Å². The third-order valence-corrected chi connectivity index (χ3v) is 6.34. The van der Waals surface area contributed by atoms with E-state index in [1.165, 1.54) is 29.2 Å². The Morgan fingerprint density at radius 3 is 2.46 bits per heavy atom. The molecule has 196 valence electrons. The van der Waals surface area contributed by atoms with E-state index in [4.69, 9.17) is 23.2 Å². The molecule has 0 unspecified atom stereocenters. The summed E-state index contributed by atoms with van der Waals surface area (Å²) in [6.07, 6.45) is 1.47. The van der Waals surface area contributed by atoms with Gasteiger partial charge in [-0.05, 0) is 30.7 Å². The van der Waals surface area contributed by atoms with Crippen LogP contribution in [0.3, 0.4) is 0 Å². The lowest BCUT2D eigenvalue weighted by molar-refractivity contribution is -0.384. The molecule has 9 nitrogen and oxygen atoms in total. The van der Waals surface area contributed by atoms with Crippen molar-refractivity contribution in [2.45, 2.75) is 46.0 Å². The fourth-order valence-electron chi connectivity index (χ4n) is 3.54. The van der Waals surface area contributed by atoms with Crippen LogP contribution in [0.25, 0.3) is 5.69 Å². The van der Waals surface area contributed by atoms with Gasteiger partial charge in [-0.3, -0.25) is 19.7 Å². The highest BCUT2D eigenvalue weighted by Gasteiger charge is 2.24. The summed E-state index contributed by atoms with van der Waals surface area (Å²) in [6, 6.07) is 12.3. The van der Waals surface area contributed by atoms with Gasteiger partial charge in [-0.15, -0.1) is 0 Å². The van der Waals surface area contributed by atoms with Crippen molar-refractivity contribution in [3.05, 3.63) is 79.9 Å². The van der Waals surface area contributed by atoms with Crippen LogP contribution in [0.15, 0.2) is 48.5 Å². The number of benzene rings is 2. The van der Waals surface area contributed by atoms with Crippen LogP contribution in [-0.2, 0) is 10.2 Å². The van der Waals surface area contributed by atoms with Crippen LogP contribution in [0.1, 0.15) is 56.6 Å². The van der Waals surface area contributed by atoms with Crippen LogP contribution in [0.4, 0.5) is 11.5 Å². The molecular formula is C26H29Cl2N5O4. The maximum Gasteiger partial charge on any atom is 0.270 e. The second-order valence-electron chi connectivity index (χ2n) is 9.61. The monoisotopic (exact) mass is 545 g/mol. The van der Waals surface area contributed by atoms with Crippen LogP contribution >= 0.6 is 23.2 Å². The first-order chi connectivity index (χ1) is 17.4. The smallest absolute Gasteiger partial charge is 0.270 e. The number of amides is 2. The molecule has 11 heteroatoms. The summed E-state index contributed by atoms with van der Waals surface area (Å²) in [6.45, 7) is 8.07. The fourth-order valence-corrected chi connectivity index (χ4v) is 3.83. The number of nitrogens with one attached hydrogen (secondary N) is 1. The van der Waals surface area contributed by atoms with Gasteiger partial charge < -0.3 is 10.2 Å². The van der Waals surface area contributed by atoms with Gasteiger partial charge in [0, 0.05) is 35.7 Å². The lowest BCUT2D eigenvalue weighted by Gasteiger charge is -2.22. The van der Waals surface area contributed by atoms with Crippen molar-refractivity contribution in [1.29, 1.82) is 0 Å². The Kier molecular flexibility index (Phi) is 8.94. The standard InChI is InChI=1S/C26H29Cl2N5O4/c1-5-6-12-31(25(35)17-8-7-9-19(13-17)33(36)37)16-24(34)29-23-15-22(26(2,3)4)30-32(23)18-10-11-20(27)21(28)14-18/h7-11,13-15H,5-6,12,16H2,1-4H3,(H,29,34). The molecule has 2 aromatic carbocycles. The van der Waals surface area contributed by atoms with E-state index < -0.39 is 16.7 Å². The number of unbranched alkanes of at least 4 members (excludes halogenated alkanes) is 1. The maximum absolute atomic E-state index is 13.2. The van der Waals surface area contributed by atoms with Gasteiger partial charge in [0.2, 0.25) is 5.91 Å². The molecule has 3 aromatic rings. The van der Waals surface area contributed by atoms with Crippen LogP contribution in [0.2, 0.25) is 10.0 Å². The van der Waals surface area contributed by atoms with Crippen LogP contribution in [0, 0.1) is 10.1 Å². The molecule has 2 amide bonds. The minimum atomic E-state index is -0.559. The van der Waals surface area contributed by atoms with Crippen molar-refractivity contribution in [3.63, 3.8) is 0 Å². The molecule has 37 heavy (non-hydrogen) atoms. The van der Waals surface area contributed by atoms with Crippen molar-refractivity contribution in [2.24, 2.45) is 0 Å². The lowest BCUT2D eigenvalue weighted by atomic mass is 9.92. The molecule has 0 aliphatic rings. The van der Waals surface area contributed by atoms with Gasteiger partial charge in [0.25, 0.3) is 11.6 Å². The van der Waals surface area contributed by atoms with Crippen LogP contribution in [-0.4, -0.2) is 44.5 Å². The summed E-state index contributed by atoms with van der Waals surface area (Å²) in [5, 5.41) is 19.4. The molecule has 1 heterocycles. The summed E-state index contributed by atoms with van der Waals surface area (Å²) >= 11 is 12.3. The minimum absolute atomic E-state index is 0.147. The number of nitro benzene ring substituents is 1. The Morgan fingerprint density at radius 1 is 1.11 bits per heavy atom. The number of aromatic nitrogens is 2. The highest BCUT2D eigenvalue weighted by atomic mass is 35.5. The maximum atomic E-state index is 13.2. The predicted molar refractivity (Wildman–Crippen MR) is 145 cm³/mol. The lowest BCUT2D eigenvalue weighted by Crippen LogP contribution is -2.39. The molecule has 0 atom stereocenters. The molecule has 0 aliphatic carbocycles. The van der Waals surface area contributed by atoms with Gasteiger partial charge in [0.05, 0.1) is 26.3 Å². The zero-order valence-electron chi connectivity index (χ0n) is 21.1. The van der Waals surface area contributed by atoms with E-state index in [0.717, 1.165) is 12.1 Å². The first-order valence-corrected chi connectivity index (χ1v) is 12.6. The zero-order chi connectivity index (χ0) is 27.3. The summed E-state index contributed by atoms with van der Waals surface area (Å²) < 4.78 is 1.57. The van der Waals surface area contributed by atoms with E-state index in [9.17, 15) is 19.7 Å². The molecule has 0 aliphatic heterocycles. The van der Waals surface area contributed by atoms with Gasteiger partial charge in [-0.1, -0.05) is 63.4 Å².